The van der Waals surface area contributed by atoms with Gasteiger partial charge in [0.25, 0.3) is 0 Å². The van der Waals surface area contributed by atoms with Crippen molar-refractivity contribution in [2.75, 3.05) is 26.4 Å². The van der Waals surface area contributed by atoms with Crippen molar-refractivity contribution in [2.45, 2.75) is 38.8 Å². The average Bonchev–Trinajstić information content (AvgIpc) is 2.39. The van der Waals surface area contributed by atoms with Gasteiger partial charge in [-0.2, -0.15) is 10.2 Å². The topological polar surface area (TPSA) is 118 Å². The summed E-state index contributed by atoms with van der Waals surface area (Å²) >= 11 is 0. The lowest BCUT2D eigenvalue weighted by Gasteiger charge is -2.20. The zero-order chi connectivity index (χ0) is 15.8. The van der Waals surface area contributed by atoms with Crippen LogP contribution in [-0.2, 0) is 19.1 Å². The van der Waals surface area contributed by atoms with Crippen LogP contribution in [0.15, 0.2) is 10.2 Å². The van der Waals surface area contributed by atoms with Gasteiger partial charge in [0.05, 0.1) is 13.2 Å². The standard InChI is InChI=1S/C12H22N2O6/c1-11(2,9(17)19-7-5-15)13-14-12(3,4)10(18)20-8-6-16/h15-16H,5-8H2,1-4H3/b14-13-. The Morgan fingerprint density at radius 2 is 1.15 bits per heavy atom. The molecule has 8 heteroatoms. The summed E-state index contributed by atoms with van der Waals surface area (Å²) in [7, 11) is 0. The normalized spacial score (nSPS) is 12.5. The van der Waals surface area contributed by atoms with Crippen molar-refractivity contribution in [1.29, 1.82) is 0 Å². The second kappa shape index (κ2) is 7.91. The van der Waals surface area contributed by atoms with E-state index in [1.165, 1.54) is 27.7 Å². The van der Waals surface area contributed by atoms with Gasteiger partial charge < -0.3 is 19.7 Å². The molecule has 0 bridgehead atoms. The van der Waals surface area contributed by atoms with Crippen LogP contribution < -0.4 is 0 Å². The van der Waals surface area contributed by atoms with Crippen LogP contribution in [0.25, 0.3) is 0 Å². The van der Waals surface area contributed by atoms with E-state index in [1.54, 1.807) is 0 Å². The first-order valence-corrected chi connectivity index (χ1v) is 6.17. The van der Waals surface area contributed by atoms with Gasteiger partial charge in [-0.05, 0) is 27.7 Å². The largest absolute Gasteiger partial charge is 0.461 e. The van der Waals surface area contributed by atoms with Gasteiger partial charge in [-0.3, -0.25) is 0 Å². The van der Waals surface area contributed by atoms with Gasteiger partial charge >= 0.3 is 11.9 Å². The quantitative estimate of drug-likeness (QED) is 0.482. The van der Waals surface area contributed by atoms with Crippen molar-refractivity contribution >= 4 is 11.9 Å². The molecule has 0 aliphatic carbocycles. The number of hydrogen-bond acceptors (Lipinski definition) is 8. The van der Waals surface area contributed by atoms with Gasteiger partial charge in [0.15, 0.2) is 11.1 Å². The number of carbonyl (C=O) groups excluding carboxylic acids is 2. The number of azo groups is 1. The molecule has 0 fully saturated rings. The Kier molecular flexibility index (Phi) is 7.30. The van der Waals surface area contributed by atoms with Gasteiger partial charge in [0.2, 0.25) is 0 Å². The molecule has 0 unspecified atom stereocenters. The number of ether oxygens (including phenoxy) is 2. The molecule has 0 rings (SSSR count). The summed E-state index contributed by atoms with van der Waals surface area (Å²) in [5.41, 5.74) is -2.55. The minimum absolute atomic E-state index is 0.125. The van der Waals surface area contributed by atoms with Gasteiger partial charge in [0, 0.05) is 0 Å². The molecule has 0 aromatic carbocycles. The highest BCUT2D eigenvalue weighted by Crippen LogP contribution is 2.18. The maximum Gasteiger partial charge on any atom is 0.335 e. The van der Waals surface area contributed by atoms with Crippen molar-refractivity contribution < 1.29 is 29.3 Å². The van der Waals surface area contributed by atoms with E-state index in [-0.39, 0.29) is 26.4 Å². The van der Waals surface area contributed by atoms with Crippen molar-refractivity contribution in [3.63, 3.8) is 0 Å². The fourth-order valence-corrected chi connectivity index (χ4v) is 0.962. The Hall–Kier alpha value is -1.54. The molecule has 20 heavy (non-hydrogen) atoms. The molecule has 0 radical (unpaired) electrons. The molecule has 0 spiro atoms. The average molecular weight is 290 g/mol. The van der Waals surface area contributed by atoms with Crippen LogP contribution in [0.5, 0.6) is 0 Å². The van der Waals surface area contributed by atoms with E-state index in [0.29, 0.717) is 0 Å². The van der Waals surface area contributed by atoms with Gasteiger partial charge in [0.1, 0.15) is 13.2 Å². The van der Waals surface area contributed by atoms with Gasteiger partial charge in [-0.25, -0.2) is 9.59 Å². The molecule has 116 valence electrons. The minimum Gasteiger partial charge on any atom is -0.461 e. The Balaban J connectivity index is 4.72. The van der Waals surface area contributed by atoms with Gasteiger partial charge in [-0.15, -0.1) is 0 Å². The van der Waals surface area contributed by atoms with Crippen LogP contribution in [0.4, 0.5) is 0 Å². The third-order valence-corrected chi connectivity index (χ3v) is 2.20. The summed E-state index contributed by atoms with van der Waals surface area (Å²) in [6.07, 6.45) is 0. The van der Waals surface area contributed by atoms with E-state index in [4.69, 9.17) is 19.7 Å². The summed E-state index contributed by atoms with van der Waals surface area (Å²) < 4.78 is 9.51. The number of aliphatic hydroxyl groups is 2. The van der Waals surface area contributed by atoms with E-state index in [2.05, 4.69) is 10.2 Å². The second-order valence-corrected chi connectivity index (χ2v) is 5.04. The van der Waals surface area contributed by atoms with Crippen LogP contribution in [0, 0.1) is 0 Å². The highest BCUT2D eigenvalue weighted by atomic mass is 16.5. The zero-order valence-corrected chi connectivity index (χ0v) is 12.3. The first kappa shape index (κ1) is 18.5. The number of nitrogens with zero attached hydrogens (tertiary/aromatic N) is 2. The van der Waals surface area contributed by atoms with Crippen molar-refractivity contribution in [3.05, 3.63) is 0 Å². The molecule has 0 saturated carbocycles. The monoisotopic (exact) mass is 290 g/mol. The van der Waals surface area contributed by atoms with Crippen LogP contribution >= 0.6 is 0 Å². The van der Waals surface area contributed by atoms with Crippen molar-refractivity contribution in [3.8, 4) is 0 Å². The van der Waals surface area contributed by atoms with Crippen molar-refractivity contribution in [2.24, 2.45) is 10.2 Å². The SMILES string of the molecule is CC(C)(/N=N\C(C)(C)C(=O)OCCO)C(=O)OCCO. The highest BCUT2D eigenvalue weighted by Gasteiger charge is 2.34. The number of hydrogen-bond donors (Lipinski definition) is 2. The van der Waals surface area contributed by atoms with Crippen molar-refractivity contribution in [1.82, 2.24) is 0 Å². The second-order valence-electron chi connectivity index (χ2n) is 5.04. The Morgan fingerprint density at radius 3 is 1.40 bits per heavy atom. The lowest BCUT2D eigenvalue weighted by molar-refractivity contribution is -0.152. The molecule has 0 aliphatic heterocycles. The fraction of sp³-hybridized carbons (Fsp3) is 0.833. The first-order chi connectivity index (χ1) is 9.17. The van der Waals surface area contributed by atoms with Crippen LogP contribution in [0.1, 0.15) is 27.7 Å². The Labute approximate surface area is 117 Å². The maximum atomic E-state index is 11.6. The van der Waals surface area contributed by atoms with Crippen LogP contribution in [0.3, 0.4) is 0 Å². The van der Waals surface area contributed by atoms with E-state index in [1.807, 2.05) is 0 Å². The van der Waals surface area contributed by atoms with E-state index < -0.39 is 23.0 Å². The highest BCUT2D eigenvalue weighted by molar-refractivity contribution is 5.81. The number of rotatable bonds is 8. The molecule has 0 aromatic heterocycles. The predicted octanol–water partition coefficient (Wildman–Crippen LogP) is 0.0668. The maximum absolute atomic E-state index is 11.6. The molecule has 0 saturated heterocycles. The van der Waals surface area contributed by atoms with Gasteiger partial charge in [-0.1, -0.05) is 0 Å². The molecule has 8 nitrogen and oxygen atoms in total. The van der Waals surface area contributed by atoms with Crippen LogP contribution in [0.2, 0.25) is 0 Å². The molecule has 0 amide bonds. The molecule has 0 aliphatic rings. The van der Waals surface area contributed by atoms with Crippen LogP contribution in [-0.4, -0.2) is 59.7 Å². The lowest BCUT2D eigenvalue weighted by atomic mass is 10.1. The van der Waals surface area contributed by atoms with E-state index in [9.17, 15) is 9.59 Å². The number of esters is 2. The summed E-state index contributed by atoms with van der Waals surface area (Å²) in [6, 6.07) is 0. The van der Waals surface area contributed by atoms with E-state index in [0.717, 1.165) is 0 Å². The predicted molar refractivity (Wildman–Crippen MR) is 69.1 cm³/mol. The summed E-state index contributed by atoms with van der Waals surface area (Å²) in [6.45, 7) is 5.10. The smallest absolute Gasteiger partial charge is 0.335 e. The third kappa shape index (κ3) is 6.07. The zero-order valence-electron chi connectivity index (χ0n) is 12.3. The minimum atomic E-state index is -1.27. The molecule has 2 N–H and O–H groups in total. The number of carbonyl (C=O) groups is 2. The molecular formula is C12H22N2O6. The molecule has 0 atom stereocenters. The Morgan fingerprint density at radius 1 is 0.850 bits per heavy atom. The first-order valence-electron chi connectivity index (χ1n) is 6.17. The fourth-order valence-electron chi connectivity index (χ4n) is 0.962. The summed E-state index contributed by atoms with van der Waals surface area (Å²) in [4.78, 5) is 23.3. The Bertz CT molecular complexity index is 331. The molecular weight excluding hydrogens is 268 g/mol. The van der Waals surface area contributed by atoms with E-state index >= 15 is 0 Å². The molecule has 0 heterocycles. The lowest BCUT2D eigenvalue weighted by Crippen LogP contribution is -2.35. The third-order valence-electron chi connectivity index (χ3n) is 2.20. The number of aliphatic hydroxyl groups excluding tert-OH is 2. The summed E-state index contributed by atoms with van der Waals surface area (Å²) in [5.74, 6) is -1.32. The summed E-state index contributed by atoms with van der Waals surface area (Å²) in [5, 5.41) is 24.8. The molecule has 0 aromatic rings.